The molecule has 0 heterocycles. The van der Waals surface area contributed by atoms with Gasteiger partial charge in [0, 0.05) is 24.3 Å². The van der Waals surface area contributed by atoms with Gasteiger partial charge in [-0.15, -0.1) is 0 Å². The van der Waals surface area contributed by atoms with Crippen molar-refractivity contribution in [3.63, 3.8) is 0 Å². The highest BCUT2D eigenvalue weighted by atomic mass is 16.5. The molecule has 0 radical (unpaired) electrons. The molecule has 0 aliphatic rings. The van der Waals surface area contributed by atoms with Gasteiger partial charge in [0.15, 0.2) is 0 Å². The van der Waals surface area contributed by atoms with Crippen molar-refractivity contribution in [3.05, 3.63) is 59.7 Å². The SMILES string of the molecule is CCCCCCCCOc1ccc(C=NNC(=O)c2ccc(N(CC)CC)cc2)cc1. The van der Waals surface area contributed by atoms with Crippen molar-refractivity contribution in [3.8, 4) is 5.75 Å². The Kier molecular flexibility index (Phi) is 11.2. The van der Waals surface area contributed by atoms with Gasteiger partial charge >= 0.3 is 0 Å². The summed E-state index contributed by atoms with van der Waals surface area (Å²) in [4.78, 5) is 14.5. The van der Waals surface area contributed by atoms with Crippen molar-refractivity contribution < 1.29 is 9.53 Å². The number of hydrogen-bond acceptors (Lipinski definition) is 4. The third-order valence-electron chi connectivity index (χ3n) is 5.28. The number of benzene rings is 2. The number of anilines is 1. The van der Waals surface area contributed by atoms with Crippen molar-refractivity contribution in [1.82, 2.24) is 5.43 Å². The molecule has 0 fully saturated rings. The molecule has 0 atom stereocenters. The van der Waals surface area contributed by atoms with E-state index < -0.39 is 0 Å². The number of hydrazone groups is 1. The van der Waals surface area contributed by atoms with Crippen molar-refractivity contribution in [2.24, 2.45) is 5.10 Å². The Morgan fingerprint density at radius 2 is 1.55 bits per heavy atom. The van der Waals surface area contributed by atoms with Crippen LogP contribution in [-0.4, -0.2) is 31.8 Å². The molecule has 31 heavy (non-hydrogen) atoms. The number of ether oxygens (including phenoxy) is 1. The fourth-order valence-electron chi connectivity index (χ4n) is 3.36. The number of nitrogens with zero attached hydrogens (tertiary/aromatic N) is 2. The third-order valence-corrected chi connectivity index (χ3v) is 5.28. The highest BCUT2D eigenvalue weighted by Crippen LogP contribution is 2.15. The van der Waals surface area contributed by atoms with Gasteiger partial charge in [0.1, 0.15) is 5.75 Å². The monoisotopic (exact) mass is 423 g/mol. The molecular weight excluding hydrogens is 386 g/mol. The lowest BCUT2D eigenvalue weighted by molar-refractivity contribution is 0.0955. The molecule has 0 saturated carbocycles. The van der Waals surface area contributed by atoms with Crippen LogP contribution in [0.1, 0.15) is 75.2 Å². The van der Waals surface area contributed by atoms with Gasteiger partial charge in [-0.1, -0.05) is 39.0 Å². The van der Waals surface area contributed by atoms with E-state index in [1.54, 1.807) is 6.21 Å². The summed E-state index contributed by atoms with van der Waals surface area (Å²) in [7, 11) is 0. The van der Waals surface area contributed by atoms with Gasteiger partial charge in [-0.3, -0.25) is 4.79 Å². The summed E-state index contributed by atoms with van der Waals surface area (Å²) in [5.74, 6) is 0.643. The highest BCUT2D eigenvalue weighted by Gasteiger charge is 2.06. The zero-order chi connectivity index (χ0) is 22.3. The summed E-state index contributed by atoms with van der Waals surface area (Å²) in [5, 5.41) is 4.07. The van der Waals surface area contributed by atoms with E-state index in [2.05, 4.69) is 36.2 Å². The predicted octanol–water partition coefficient (Wildman–Crippen LogP) is 6.04. The van der Waals surface area contributed by atoms with Crippen LogP contribution in [0.3, 0.4) is 0 Å². The lowest BCUT2D eigenvalue weighted by atomic mass is 10.1. The minimum Gasteiger partial charge on any atom is -0.494 e. The maximum atomic E-state index is 12.3. The molecule has 0 unspecified atom stereocenters. The van der Waals surface area contributed by atoms with E-state index >= 15 is 0 Å². The van der Waals surface area contributed by atoms with Gasteiger partial charge in [-0.05, 0) is 74.4 Å². The van der Waals surface area contributed by atoms with Crippen LogP contribution in [0, 0.1) is 0 Å². The van der Waals surface area contributed by atoms with Crippen LogP contribution in [0.15, 0.2) is 53.6 Å². The zero-order valence-corrected chi connectivity index (χ0v) is 19.3. The average molecular weight is 424 g/mol. The Morgan fingerprint density at radius 1 is 0.903 bits per heavy atom. The Hall–Kier alpha value is -2.82. The van der Waals surface area contributed by atoms with E-state index in [0.717, 1.165) is 43.1 Å². The van der Waals surface area contributed by atoms with Gasteiger partial charge in [-0.2, -0.15) is 5.10 Å². The van der Waals surface area contributed by atoms with Crippen molar-refractivity contribution in [2.75, 3.05) is 24.6 Å². The maximum Gasteiger partial charge on any atom is 0.271 e. The van der Waals surface area contributed by atoms with Gasteiger partial charge in [0.05, 0.1) is 12.8 Å². The number of nitrogens with one attached hydrogen (secondary N) is 1. The second kappa shape index (κ2) is 14.2. The predicted molar refractivity (Wildman–Crippen MR) is 130 cm³/mol. The van der Waals surface area contributed by atoms with Crippen molar-refractivity contribution >= 4 is 17.8 Å². The van der Waals surface area contributed by atoms with Gasteiger partial charge in [0.25, 0.3) is 5.91 Å². The van der Waals surface area contributed by atoms with E-state index in [4.69, 9.17) is 4.74 Å². The van der Waals surface area contributed by atoms with E-state index in [0.29, 0.717) is 5.56 Å². The van der Waals surface area contributed by atoms with E-state index in [1.165, 1.54) is 32.1 Å². The smallest absolute Gasteiger partial charge is 0.271 e. The average Bonchev–Trinajstić information content (AvgIpc) is 2.80. The van der Waals surface area contributed by atoms with Gasteiger partial charge < -0.3 is 9.64 Å². The molecule has 2 aromatic carbocycles. The standard InChI is InChI=1S/C26H37N3O2/c1-4-7-8-9-10-11-20-31-25-18-12-22(13-19-25)21-27-28-26(30)23-14-16-24(17-15-23)29(5-2)6-3/h12-19,21H,4-11,20H2,1-3H3,(H,28,30). The minimum absolute atomic E-state index is 0.221. The number of rotatable bonds is 14. The number of carbonyl (C=O) groups is 1. The fraction of sp³-hybridized carbons (Fsp3) is 0.462. The topological polar surface area (TPSA) is 53.9 Å². The lowest BCUT2D eigenvalue weighted by Crippen LogP contribution is -2.22. The Morgan fingerprint density at radius 3 is 2.19 bits per heavy atom. The molecule has 0 aliphatic heterocycles. The first-order chi connectivity index (χ1) is 15.2. The first-order valence-corrected chi connectivity index (χ1v) is 11.6. The normalized spacial score (nSPS) is 10.9. The van der Waals surface area contributed by atoms with E-state index in [9.17, 15) is 4.79 Å². The molecule has 0 aromatic heterocycles. The van der Waals surface area contributed by atoms with Crippen LogP contribution in [0.25, 0.3) is 0 Å². The van der Waals surface area contributed by atoms with Crippen LogP contribution < -0.4 is 15.1 Å². The molecular formula is C26H37N3O2. The summed E-state index contributed by atoms with van der Waals surface area (Å²) in [6, 6.07) is 15.3. The van der Waals surface area contributed by atoms with Crippen LogP contribution in [0.4, 0.5) is 5.69 Å². The van der Waals surface area contributed by atoms with Crippen molar-refractivity contribution in [1.29, 1.82) is 0 Å². The summed E-state index contributed by atoms with van der Waals surface area (Å²) in [6.07, 6.45) is 9.17. The molecule has 0 saturated heterocycles. The Balaban J connectivity index is 1.74. The van der Waals surface area contributed by atoms with Crippen molar-refractivity contribution in [2.45, 2.75) is 59.3 Å². The van der Waals surface area contributed by atoms with E-state index in [-0.39, 0.29) is 5.91 Å². The maximum absolute atomic E-state index is 12.3. The van der Waals surface area contributed by atoms with Crippen LogP contribution >= 0.6 is 0 Å². The number of hydrogen-bond donors (Lipinski definition) is 1. The molecule has 0 spiro atoms. The number of carbonyl (C=O) groups excluding carboxylic acids is 1. The van der Waals surface area contributed by atoms with Crippen LogP contribution in [0.2, 0.25) is 0 Å². The highest BCUT2D eigenvalue weighted by molar-refractivity contribution is 5.95. The van der Waals surface area contributed by atoms with Crippen LogP contribution in [0.5, 0.6) is 5.75 Å². The summed E-state index contributed by atoms with van der Waals surface area (Å²) in [5.41, 5.74) is 5.20. The second-order valence-electron chi connectivity index (χ2n) is 7.60. The fourth-order valence-corrected chi connectivity index (χ4v) is 3.36. The zero-order valence-electron chi connectivity index (χ0n) is 19.3. The lowest BCUT2D eigenvalue weighted by Gasteiger charge is -2.20. The van der Waals surface area contributed by atoms with Gasteiger partial charge in [0.2, 0.25) is 0 Å². The summed E-state index contributed by atoms with van der Waals surface area (Å²) < 4.78 is 5.79. The Labute approximate surface area is 187 Å². The summed E-state index contributed by atoms with van der Waals surface area (Å²) in [6.45, 7) is 9.10. The second-order valence-corrected chi connectivity index (χ2v) is 7.60. The molecule has 2 aromatic rings. The molecule has 0 aliphatic carbocycles. The van der Waals surface area contributed by atoms with Gasteiger partial charge in [-0.25, -0.2) is 5.43 Å². The molecule has 1 N–H and O–H groups in total. The molecule has 5 heteroatoms. The molecule has 2 rings (SSSR count). The number of unbranched alkanes of at least 4 members (excludes halogenated alkanes) is 5. The van der Waals surface area contributed by atoms with Crippen LogP contribution in [-0.2, 0) is 0 Å². The largest absolute Gasteiger partial charge is 0.494 e. The summed E-state index contributed by atoms with van der Waals surface area (Å²) >= 11 is 0. The molecule has 1 amide bonds. The minimum atomic E-state index is -0.221. The first kappa shape index (κ1) is 24.4. The van der Waals surface area contributed by atoms with E-state index in [1.807, 2.05) is 48.5 Å². The molecule has 168 valence electrons. The Bertz CT molecular complexity index is 781. The quantitative estimate of drug-likeness (QED) is 0.229. The first-order valence-electron chi connectivity index (χ1n) is 11.6. The number of amides is 1. The molecule has 5 nitrogen and oxygen atoms in total. The molecule has 0 bridgehead atoms. The third kappa shape index (κ3) is 8.83.